The van der Waals surface area contributed by atoms with Crippen LogP contribution in [0, 0.1) is 12.7 Å². The molecule has 1 amide bonds. The van der Waals surface area contributed by atoms with E-state index in [9.17, 15) is 9.18 Å². The molecule has 0 radical (unpaired) electrons. The molecule has 0 aliphatic rings. The van der Waals surface area contributed by atoms with Crippen molar-refractivity contribution in [2.75, 3.05) is 25.6 Å². The number of carbonyl (C=O) groups is 1. The molecule has 1 N–H and O–H groups in total. The van der Waals surface area contributed by atoms with Crippen molar-refractivity contribution < 1.29 is 13.9 Å². The average Bonchev–Trinajstić information content (AvgIpc) is 2.52. The molecule has 0 saturated heterocycles. The number of carbonyl (C=O) groups excluding carboxylic acids is 1. The normalized spacial score (nSPS) is 10.3. The zero-order valence-corrected chi connectivity index (χ0v) is 13.3. The molecule has 6 nitrogen and oxygen atoms in total. The highest BCUT2D eigenvalue weighted by Crippen LogP contribution is 2.11. The Morgan fingerprint density at radius 3 is 2.61 bits per heavy atom. The number of anilines is 1. The molecule has 0 unspecified atom stereocenters. The van der Waals surface area contributed by atoms with Crippen LogP contribution in [0.4, 0.5) is 10.3 Å². The Hall–Kier alpha value is -2.70. The van der Waals surface area contributed by atoms with E-state index in [4.69, 9.17) is 4.74 Å². The van der Waals surface area contributed by atoms with Gasteiger partial charge in [-0.1, -0.05) is 0 Å². The summed E-state index contributed by atoms with van der Waals surface area (Å²) in [4.78, 5) is 22.2. The fraction of sp³-hybridized carbons (Fsp3) is 0.312. The standard InChI is InChI=1S/C16H19FN4O2/c1-11-8-13(20-16(19-11)21(2)3)9-18-15(22)10-23-14-6-4-12(17)5-7-14/h4-8H,9-10H2,1-3H3,(H,18,22). The van der Waals surface area contributed by atoms with Crippen molar-refractivity contribution in [2.24, 2.45) is 0 Å². The molecule has 0 aliphatic carbocycles. The molecule has 0 bridgehead atoms. The molecule has 0 fully saturated rings. The fourth-order valence-electron chi connectivity index (χ4n) is 1.83. The molecule has 2 aromatic rings. The first-order valence-corrected chi connectivity index (χ1v) is 7.11. The zero-order chi connectivity index (χ0) is 16.8. The Labute approximate surface area is 134 Å². The van der Waals surface area contributed by atoms with Gasteiger partial charge in [0.2, 0.25) is 5.95 Å². The van der Waals surface area contributed by atoms with Crippen molar-refractivity contribution in [3.8, 4) is 5.75 Å². The summed E-state index contributed by atoms with van der Waals surface area (Å²) in [6.07, 6.45) is 0. The van der Waals surface area contributed by atoms with Crippen LogP contribution in [0.5, 0.6) is 5.75 Å². The van der Waals surface area contributed by atoms with Crippen LogP contribution < -0.4 is 15.0 Å². The fourth-order valence-corrected chi connectivity index (χ4v) is 1.83. The van der Waals surface area contributed by atoms with Gasteiger partial charge >= 0.3 is 0 Å². The third-order valence-corrected chi connectivity index (χ3v) is 2.95. The Morgan fingerprint density at radius 1 is 1.26 bits per heavy atom. The minimum atomic E-state index is -0.349. The maximum atomic E-state index is 12.8. The maximum Gasteiger partial charge on any atom is 0.258 e. The highest BCUT2D eigenvalue weighted by Gasteiger charge is 2.07. The lowest BCUT2D eigenvalue weighted by molar-refractivity contribution is -0.123. The molecule has 1 aromatic carbocycles. The molecule has 122 valence electrons. The van der Waals surface area contributed by atoms with Crippen LogP contribution in [0.25, 0.3) is 0 Å². The van der Waals surface area contributed by atoms with Crippen molar-refractivity contribution >= 4 is 11.9 Å². The van der Waals surface area contributed by atoms with Crippen LogP contribution in [0.2, 0.25) is 0 Å². The summed E-state index contributed by atoms with van der Waals surface area (Å²) in [6, 6.07) is 7.31. The number of rotatable bonds is 6. The van der Waals surface area contributed by atoms with Gasteiger partial charge < -0.3 is 15.0 Å². The Morgan fingerprint density at radius 2 is 1.96 bits per heavy atom. The van der Waals surface area contributed by atoms with Crippen LogP contribution in [-0.4, -0.2) is 36.6 Å². The van der Waals surface area contributed by atoms with E-state index >= 15 is 0 Å². The monoisotopic (exact) mass is 318 g/mol. The van der Waals surface area contributed by atoms with Crippen LogP contribution in [0.1, 0.15) is 11.4 Å². The van der Waals surface area contributed by atoms with E-state index in [1.54, 1.807) is 4.90 Å². The van der Waals surface area contributed by atoms with Gasteiger partial charge in [-0.2, -0.15) is 0 Å². The van der Waals surface area contributed by atoms with Crippen molar-refractivity contribution in [1.29, 1.82) is 0 Å². The number of hydrogen-bond donors (Lipinski definition) is 1. The Kier molecular flexibility index (Phi) is 5.46. The van der Waals surface area contributed by atoms with Gasteiger partial charge in [-0.25, -0.2) is 14.4 Å². The van der Waals surface area contributed by atoms with E-state index < -0.39 is 0 Å². The first-order valence-electron chi connectivity index (χ1n) is 7.11. The summed E-state index contributed by atoms with van der Waals surface area (Å²) >= 11 is 0. The quantitative estimate of drug-likeness (QED) is 0.878. The number of aromatic nitrogens is 2. The van der Waals surface area contributed by atoms with E-state index in [-0.39, 0.29) is 24.9 Å². The predicted octanol–water partition coefficient (Wildman–Crippen LogP) is 1.69. The number of aryl methyl sites for hydroxylation is 1. The van der Waals surface area contributed by atoms with Crippen molar-refractivity contribution in [1.82, 2.24) is 15.3 Å². The third kappa shape index (κ3) is 5.21. The lowest BCUT2D eigenvalue weighted by atomic mass is 10.3. The smallest absolute Gasteiger partial charge is 0.258 e. The first kappa shape index (κ1) is 16.7. The van der Waals surface area contributed by atoms with Crippen molar-refractivity contribution in [2.45, 2.75) is 13.5 Å². The minimum absolute atomic E-state index is 0.143. The molecule has 1 heterocycles. The SMILES string of the molecule is Cc1cc(CNC(=O)COc2ccc(F)cc2)nc(N(C)C)n1. The van der Waals surface area contributed by atoms with Gasteiger partial charge in [0.15, 0.2) is 6.61 Å². The van der Waals surface area contributed by atoms with E-state index in [1.165, 1.54) is 24.3 Å². The van der Waals surface area contributed by atoms with Gasteiger partial charge in [-0.3, -0.25) is 4.79 Å². The number of amides is 1. The second kappa shape index (κ2) is 7.53. The zero-order valence-electron chi connectivity index (χ0n) is 13.3. The molecular formula is C16H19FN4O2. The Bertz CT molecular complexity index is 674. The molecule has 7 heteroatoms. The molecule has 23 heavy (non-hydrogen) atoms. The molecule has 2 rings (SSSR count). The Balaban J connectivity index is 1.85. The number of benzene rings is 1. The summed E-state index contributed by atoms with van der Waals surface area (Å²) in [6.45, 7) is 2.02. The number of nitrogens with one attached hydrogen (secondary N) is 1. The van der Waals surface area contributed by atoms with E-state index in [1.807, 2.05) is 27.1 Å². The second-order valence-electron chi connectivity index (χ2n) is 5.21. The van der Waals surface area contributed by atoms with Gasteiger partial charge in [0.25, 0.3) is 5.91 Å². The van der Waals surface area contributed by atoms with Crippen LogP contribution in [0.15, 0.2) is 30.3 Å². The van der Waals surface area contributed by atoms with Gasteiger partial charge in [0.1, 0.15) is 11.6 Å². The molecule has 0 atom stereocenters. The second-order valence-corrected chi connectivity index (χ2v) is 5.21. The summed E-state index contributed by atoms with van der Waals surface area (Å²) < 4.78 is 18.0. The highest BCUT2D eigenvalue weighted by molar-refractivity contribution is 5.77. The lowest BCUT2D eigenvalue weighted by Crippen LogP contribution is -2.29. The molecular weight excluding hydrogens is 299 g/mol. The van der Waals surface area contributed by atoms with Gasteiger partial charge in [-0.15, -0.1) is 0 Å². The van der Waals surface area contributed by atoms with Gasteiger partial charge in [-0.05, 0) is 37.3 Å². The van der Waals surface area contributed by atoms with Gasteiger partial charge in [0, 0.05) is 19.8 Å². The lowest BCUT2D eigenvalue weighted by Gasteiger charge is -2.13. The predicted molar refractivity (Wildman–Crippen MR) is 84.8 cm³/mol. The number of nitrogens with zero attached hydrogens (tertiary/aromatic N) is 3. The van der Waals surface area contributed by atoms with Crippen LogP contribution in [0.3, 0.4) is 0 Å². The number of halogens is 1. The molecule has 0 spiro atoms. The largest absolute Gasteiger partial charge is 0.484 e. The van der Waals surface area contributed by atoms with Crippen LogP contribution in [-0.2, 0) is 11.3 Å². The first-order chi connectivity index (χ1) is 10.9. The third-order valence-electron chi connectivity index (χ3n) is 2.95. The molecule has 0 aliphatic heterocycles. The van der Waals surface area contributed by atoms with E-state index in [0.29, 0.717) is 11.7 Å². The van der Waals surface area contributed by atoms with Crippen LogP contribution >= 0.6 is 0 Å². The topological polar surface area (TPSA) is 67.3 Å². The summed E-state index contributed by atoms with van der Waals surface area (Å²) in [5.41, 5.74) is 1.55. The van der Waals surface area contributed by atoms with E-state index in [2.05, 4.69) is 15.3 Å². The summed E-state index contributed by atoms with van der Waals surface area (Å²) in [5.74, 6) is 0.403. The van der Waals surface area contributed by atoms with Gasteiger partial charge in [0.05, 0.1) is 12.2 Å². The maximum absolute atomic E-state index is 12.8. The molecule has 1 aromatic heterocycles. The average molecular weight is 318 g/mol. The molecule has 0 saturated carbocycles. The summed E-state index contributed by atoms with van der Waals surface area (Å²) in [7, 11) is 3.71. The highest BCUT2D eigenvalue weighted by atomic mass is 19.1. The van der Waals surface area contributed by atoms with E-state index in [0.717, 1.165) is 11.4 Å². The van der Waals surface area contributed by atoms with Crippen molar-refractivity contribution in [3.63, 3.8) is 0 Å². The van der Waals surface area contributed by atoms with Crippen molar-refractivity contribution in [3.05, 3.63) is 47.5 Å². The summed E-state index contributed by atoms with van der Waals surface area (Å²) in [5, 5.41) is 2.73. The number of ether oxygens (including phenoxy) is 1. The number of hydrogen-bond acceptors (Lipinski definition) is 5. The minimum Gasteiger partial charge on any atom is -0.484 e.